The minimum absolute atomic E-state index is 0.131. The van der Waals surface area contributed by atoms with Gasteiger partial charge in [-0.15, -0.1) is 0 Å². The average Bonchev–Trinajstić information content (AvgIpc) is 3.18. The molecule has 0 fully saturated rings. The smallest absolute Gasteiger partial charge is 0.416 e. The predicted molar refractivity (Wildman–Crippen MR) is 117 cm³/mol. The highest BCUT2D eigenvalue weighted by Gasteiger charge is 2.31. The molecule has 5 rings (SSSR count). The lowest BCUT2D eigenvalue weighted by molar-refractivity contribution is -0.137. The fraction of sp³-hybridized carbons (Fsp3) is 0.0833. The van der Waals surface area contributed by atoms with E-state index >= 15 is 0 Å². The van der Waals surface area contributed by atoms with E-state index in [-0.39, 0.29) is 23.9 Å². The van der Waals surface area contributed by atoms with Gasteiger partial charge in [-0.05, 0) is 42.5 Å². The number of benzene rings is 3. The molecular formula is C24H16F3N3O3. The summed E-state index contributed by atoms with van der Waals surface area (Å²) < 4.78 is 46.8. The number of anilines is 2. The van der Waals surface area contributed by atoms with E-state index in [2.05, 4.69) is 10.6 Å². The summed E-state index contributed by atoms with van der Waals surface area (Å²) in [5, 5.41) is 6.13. The van der Waals surface area contributed by atoms with Gasteiger partial charge in [0.25, 0.3) is 11.8 Å². The number of ether oxygens (including phenoxy) is 1. The minimum Gasteiger partial charge on any atom is -0.482 e. The number of hydrogen-bond donors (Lipinski definition) is 2. The second kappa shape index (κ2) is 7.70. The van der Waals surface area contributed by atoms with Crippen LogP contribution in [0, 0.1) is 0 Å². The van der Waals surface area contributed by atoms with E-state index in [1.165, 1.54) is 16.7 Å². The first-order chi connectivity index (χ1) is 15.8. The van der Waals surface area contributed by atoms with Crippen LogP contribution in [-0.2, 0) is 11.0 Å². The number of halogens is 3. The molecule has 6 nitrogen and oxygen atoms in total. The fourth-order valence-corrected chi connectivity index (χ4v) is 3.77. The molecule has 4 aromatic rings. The van der Waals surface area contributed by atoms with E-state index in [4.69, 9.17) is 4.74 Å². The Hall–Kier alpha value is -4.27. The first-order valence-electron chi connectivity index (χ1n) is 9.96. The van der Waals surface area contributed by atoms with Crippen molar-refractivity contribution in [1.82, 2.24) is 4.57 Å². The van der Waals surface area contributed by atoms with E-state index in [0.29, 0.717) is 28.0 Å². The molecule has 0 unspecified atom stereocenters. The number of hydrogen-bond acceptors (Lipinski definition) is 3. The van der Waals surface area contributed by atoms with Crippen molar-refractivity contribution in [2.24, 2.45) is 0 Å². The second-order valence-electron chi connectivity index (χ2n) is 7.47. The molecule has 9 heteroatoms. The zero-order valence-electron chi connectivity index (χ0n) is 16.9. The third-order valence-corrected chi connectivity index (χ3v) is 5.25. The zero-order chi connectivity index (χ0) is 23.2. The van der Waals surface area contributed by atoms with Crippen molar-refractivity contribution in [3.8, 4) is 11.4 Å². The van der Waals surface area contributed by atoms with Crippen molar-refractivity contribution >= 4 is 34.1 Å². The number of alkyl halides is 3. The molecule has 3 aromatic carbocycles. The Balaban J connectivity index is 1.55. The van der Waals surface area contributed by atoms with Gasteiger partial charge in [0.1, 0.15) is 11.4 Å². The van der Waals surface area contributed by atoms with Gasteiger partial charge in [-0.1, -0.05) is 24.3 Å². The fourth-order valence-electron chi connectivity index (χ4n) is 3.77. The van der Waals surface area contributed by atoms with Crippen LogP contribution in [0.2, 0.25) is 0 Å². The molecule has 0 saturated heterocycles. The van der Waals surface area contributed by atoms with Crippen LogP contribution in [0.15, 0.2) is 72.8 Å². The summed E-state index contributed by atoms with van der Waals surface area (Å²) in [6, 6.07) is 18.3. The van der Waals surface area contributed by atoms with Crippen LogP contribution < -0.4 is 15.4 Å². The van der Waals surface area contributed by atoms with Crippen LogP contribution in [0.25, 0.3) is 16.6 Å². The average molecular weight is 451 g/mol. The summed E-state index contributed by atoms with van der Waals surface area (Å²) in [5.74, 6) is -0.376. The number of nitrogens with zero attached hydrogens (tertiary/aromatic N) is 1. The van der Waals surface area contributed by atoms with Gasteiger partial charge in [0, 0.05) is 22.8 Å². The van der Waals surface area contributed by atoms with E-state index in [1.54, 1.807) is 48.5 Å². The second-order valence-corrected chi connectivity index (χ2v) is 7.47. The van der Waals surface area contributed by atoms with Crippen molar-refractivity contribution in [1.29, 1.82) is 0 Å². The Labute approximate surface area is 185 Å². The van der Waals surface area contributed by atoms with Crippen LogP contribution in [-0.4, -0.2) is 23.0 Å². The number of aromatic nitrogens is 1. The molecule has 0 radical (unpaired) electrons. The summed E-state index contributed by atoms with van der Waals surface area (Å²) in [6.07, 6.45) is -4.51. The van der Waals surface area contributed by atoms with Crippen LogP contribution in [0.3, 0.4) is 0 Å². The van der Waals surface area contributed by atoms with E-state index in [0.717, 1.165) is 12.1 Å². The van der Waals surface area contributed by atoms with Gasteiger partial charge >= 0.3 is 6.18 Å². The van der Waals surface area contributed by atoms with Crippen LogP contribution in [0.4, 0.5) is 24.5 Å². The Morgan fingerprint density at radius 2 is 1.82 bits per heavy atom. The molecule has 0 saturated carbocycles. The molecule has 166 valence electrons. The standard InChI is InChI=1S/C24H16F3N3O3/c25-24(26,27)15-5-3-6-17(11-15)30-19-7-2-1-4-14(19)10-20(30)23(32)28-16-8-9-18-21(12-16)33-13-22(31)29-18/h1-12H,13H2,(H,28,32)(H,29,31). The topological polar surface area (TPSA) is 72.4 Å². The van der Waals surface area contributed by atoms with Crippen molar-refractivity contribution in [2.75, 3.05) is 17.2 Å². The van der Waals surface area contributed by atoms with E-state index in [9.17, 15) is 22.8 Å². The molecule has 2 amide bonds. The highest BCUT2D eigenvalue weighted by Crippen LogP contribution is 2.33. The molecule has 2 N–H and O–H groups in total. The Morgan fingerprint density at radius 3 is 2.64 bits per heavy atom. The third-order valence-electron chi connectivity index (χ3n) is 5.25. The Kier molecular flexibility index (Phi) is 4.81. The maximum Gasteiger partial charge on any atom is 0.416 e. The van der Waals surface area contributed by atoms with Crippen LogP contribution in [0.5, 0.6) is 5.75 Å². The number of rotatable bonds is 3. The monoisotopic (exact) mass is 451 g/mol. The number of carbonyl (C=O) groups excluding carboxylic acids is 2. The summed E-state index contributed by atoms with van der Waals surface area (Å²) in [6.45, 7) is -0.131. The van der Waals surface area contributed by atoms with Crippen LogP contribution in [0.1, 0.15) is 16.1 Å². The molecular weight excluding hydrogens is 435 g/mol. The first-order valence-corrected chi connectivity index (χ1v) is 9.96. The molecule has 1 aromatic heterocycles. The normalized spacial score (nSPS) is 13.2. The predicted octanol–water partition coefficient (Wildman–Crippen LogP) is 5.23. The van der Waals surface area contributed by atoms with Crippen LogP contribution >= 0.6 is 0 Å². The van der Waals surface area contributed by atoms with Crippen molar-refractivity contribution in [3.05, 3.63) is 84.1 Å². The summed E-state index contributed by atoms with van der Waals surface area (Å²) >= 11 is 0. The SMILES string of the molecule is O=C1COc2cc(NC(=O)c3cc4ccccc4n3-c3cccc(C(F)(F)F)c3)ccc2N1. The van der Waals surface area contributed by atoms with Crippen molar-refractivity contribution in [3.63, 3.8) is 0 Å². The summed E-state index contributed by atoms with van der Waals surface area (Å²) in [5.41, 5.74) is 1.07. The quantitative estimate of drug-likeness (QED) is 0.448. The number of nitrogens with one attached hydrogen (secondary N) is 2. The highest BCUT2D eigenvalue weighted by atomic mass is 19.4. The van der Waals surface area contributed by atoms with E-state index < -0.39 is 17.6 Å². The number of carbonyl (C=O) groups is 2. The van der Waals surface area contributed by atoms with Gasteiger partial charge in [-0.3, -0.25) is 9.59 Å². The molecule has 0 bridgehead atoms. The molecule has 1 aliphatic heterocycles. The molecule has 1 aliphatic rings. The third kappa shape index (κ3) is 3.89. The largest absolute Gasteiger partial charge is 0.482 e. The lowest BCUT2D eigenvalue weighted by Crippen LogP contribution is -2.25. The molecule has 0 aliphatic carbocycles. The molecule has 2 heterocycles. The Morgan fingerprint density at radius 1 is 1.00 bits per heavy atom. The first kappa shape index (κ1) is 20.6. The number of amides is 2. The zero-order valence-corrected chi connectivity index (χ0v) is 16.9. The van der Waals surface area contributed by atoms with Gasteiger partial charge in [0.15, 0.2) is 6.61 Å². The van der Waals surface area contributed by atoms with E-state index in [1.807, 2.05) is 0 Å². The van der Waals surface area contributed by atoms with Crippen molar-refractivity contribution < 1.29 is 27.5 Å². The molecule has 0 atom stereocenters. The minimum atomic E-state index is -4.51. The van der Waals surface area contributed by atoms with Gasteiger partial charge < -0.3 is 19.9 Å². The lowest BCUT2D eigenvalue weighted by atomic mass is 10.2. The summed E-state index contributed by atoms with van der Waals surface area (Å²) in [4.78, 5) is 24.7. The van der Waals surface area contributed by atoms with Gasteiger partial charge in [0.2, 0.25) is 0 Å². The lowest BCUT2D eigenvalue weighted by Gasteiger charge is -2.19. The molecule has 33 heavy (non-hydrogen) atoms. The molecule has 0 spiro atoms. The van der Waals surface area contributed by atoms with Gasteiger partial charge in [0.05, 0.1) is 16.8 Å². The highest BCUT2D eigenvalue weighted by molar-refractivity contribution is 6.07. The van der Waals surface area contributed by atoms with Gasteiger partial charge in [-0.25, -0.2) is 0 Å². The maximum atomic E-state index is 13.3. The van der Waals surface area contributed by atoms with Crippen molar-refractivity contribution in [2.45, 2.75) is 6.18 Å². The maximum absolute atomic E-state index is 13.3. The van der Waals surface area contributed by atoms with Gasteiger partial charge in [-0.2, -0.15) is 13.2 Å². The number of para-hydroxylation sites is 1. The summed E-state index contributed by atoms with van der Waals surface area (Å²) in [7, 11) is 0. The Bertz CT molecular complexity index is 1410. The number of fused-ring (bicyclic) bond motifs is 2.